The van der Waals surface area contributed by atoms with Crippen molar-refractivity contribution < 1.29 is 9.21 Å². The van der Waals surface area contributed by atoms with Gasteiger partial charge in [-0.15, -0.1) is 20.4 Å². The molecule has 138 valence electrons. The molecule has 4 aromatic rings. The van der Waals surface area contributed by atoms with E-state index in [0.717, 1.165) is 16.0 Å². The van der Waals surface area contributed by atoms with Gasteiger partial charge in [-0.25, -0.2) is 0 Å². The van der Waals surface area contributed by atoms with Crippen molar-refractivity contribution in [2.45, 2.75) is 24.3 Å². The number of thioether (sulfide) groups is 1. The van der Waals surface area contributed by atoms with E-state index in [2.05, 4.69) is 25.7 Å². The van der Waals surface area contributed by atoms with Crippen LogP contribution in [0.1, 0.15) is 11.9 Å². The summed E-state index contributed by atoms with van der Waals surface area (Å²) in [5, 5.41) is 21.6. The Balaban J connectivity index is 1.50. The number of benzene rings is 1. The Morgan fingerprint density at radius 3 is 2.81 bits per heavy atom. The number of hydrogen-bond donors (Lipinski definition) is 1. The van der Waals surface area contributed by atoms with Crippen LogP contribution in [0, 0.1) is 6.92 Å². The Hall–Kier alpha value is -2.72. The first-order valence-electron chi connectivity index (χ1n) is 8.17. The van der Waals surface area contributed by atoms with Gasteiger partial charge >= 0.3 is 0 Å². The zero-order valence-electron chi connectivity index (χ0n) is 14.8. The van der Waals surface area contributed by atoms with Crippen molar-refractivity contribution in [1.29, 1.82) is 0 Å². The van der Waals surface area contributed by atoms with E-state index in [4.69, 9.17) is 4.42 Å². The number of para-hydroxylation sites is 1. The molecule has 10 heteroatoms. The summed E-state index contributed by atoms with van der Waals surface area (Å²) in [5.41, 5.74) is 0.796. The van der Waals surface area contributed by atoms with E-state index >= 15 is 0 Å². The van der Waals surface area contributed by atoms with Crippen molar-refractivity contribution in [2.24, 2.45) is 7.05 Å². The van der Waals surface area contributed by atoms with E-state index in [9.17, 15) is 4.79 Å². The number of furan rings is 1. The minimum atomic E-state index is -0.374. The number of nitrogens with zero attached hydrogens (tertiary/aromatic N) is 5. The van der Waals surface area contributed by atoms with Crippen LogP contribution in [-0.2, 0) is 11.8 Å². The molecule has 0 aliphatic heterocycles. The van der Waals surface area contributed by atoms with Crippen LogP contribution in [0.2, 0.25) is 0 Å². The zero-order chi connectivity index (χ0) is 19.0. The van der Waals surface area contributed by atoms with Gasteiger partial charge in [0.2, 0.25) is 11.0 Å². The van der Waals surface area contributed by atoms with E-state index in [1.807, 2.05) is 55.8 Å². The highest BCUT2D eigenvalue weighted by Gasteiger charge is 2.21. The topological polar surface area (TPSA) is 98.7 Å². The van der Waals surface area contributed by atoms with Crippen LogP contribution < -0.4 is 5.32 Å². The first-order valence-corrected chi connectivity index (χ1v) is 9.87. The third-order valence-corrected chi connectivity index (χ3v) is 5.78. The normalized spacial score (nSPS) is 12.4. The van der Waals surface area contributed by atoms with Crippen molar-refractivity contribution in [3.8, 4) is 11.6 Å². The average Bonchev–Trinajstić information content (AvgIpc) is 3.34. The molecule has 27 heavy (non-hydrogen) atoms. The lowest BCUT2D eigenvalue weighted by Crippen LogP contribution is -2.22. The highest BCUT2D eigenvalue weighted by Crippen LogP contribution is 2.30. The van der Waals surface area contributed by atoms with Gasteiger partial charge < -0.3 is 8.98 Å². The van der Waals surface area contributed by atoms with Gasteiger partial charge in [0, 0.05) is 12.4 Å². The number of amides is 1. The molecule has 0 aliphatic rings. The fraction of sp³-hybridized carbons (Fsp3) is 0.235. The molecular formula is C17H16N6O2S2. The second-order valence-electron chi connectivity index (χ2n) is 5.89. The largest absolute Gasteiger partial charge is 0.453 e. The maximum atomic E-state index is 12.4. The molecule has 0 saturated heterocycles. The molecule has 1 amide bonds. The molecule has 0 spiro atoms. The molecule has 3 aromatic heterocycles. The Labute approximate surface area is 163 Å². The maximum absolute atomic E-state index is 12.4. The van der Waals surface area contributed by atoms with Gasteiger partial charge in [-0.05, 0) is 26.0 Å². The average molecular weight is 400 g/mol. The molecular weight excluding hydrogens is 384 g/mol. The van der Waals surface area contributed by atoms with Gasteiger partial charge in [-0.3, -0.25) is 10.1 Å². The number of anilines is 1. The second-order valence-corrected chi connectivity index (χ2v) is 8.38. The molecule has 0 bridgehead atoms. The zero-order valence-corrected chi connectivity index (χ0v) is 16.5. The summed E-state index contributed by atoms with van der Waals surface area (Å²) in [7, 11) is 1.85. The lowest BCUT2D eigenvalue weighted by Gasteiger charge is -2.09. The van der Waals surface area contributed by atoms with Crippen LogP contribution in [0.3, 0.4) is 0 Å². The van der Waals surface area contributed by atoms with Crippen LogP contribution in [0.15, 0.2) is 39.9 Å². The highest BCUT2D eigenvalue weighted by atomic mass is 32.2. The maximum Gasteiger partial charge on any atom is 0.239 e. The number of nitrogens with one attached hydrogen (secondary N) is 1. The third kappa shape index (κ3) is 3.58. The van der Waals surface area contributed by atoms with E-state index in [0.29, 0.717) is 21.9 Å². The van der Waals surface area contributed by atoms with Crippen LogP contribution in [-0.4, -0.2) is 36.1 Å². The first-order chi connectivity index (χ1) is 13.0. The van der Waals surface area contributed by atoms with E-state index < -0.39 is 0 Å². The molecule has 0 aliphatic carbocycles. The number of rotatable bonds is 5. The number of aryl methyl sites for hydroxylation is 1. The van der Waals surface area contributed by atoms with Crippen LogP contribution >= 0.6 is 23.1 Å². The molecule has 1 N–H and O–H groups in total. The summed E-state index contributed by atoms with van der Waals surface area (Å²) >= 11 is 2.66. The van der Waals surface area contributed by atoms with E-state index in [1.54, 1.807) is 0 Å². The number of aromatic nitrogens is 5. The quantitative estimate of drug-likeness (QED) is 0.512. The van der Waals surface area contributed by atoms with Crippen molar-refractivity contribution in [3.63, 3.8) is 0 Å². The van der Waals surface area contributed by atoms with Gasteiger partial charge in [0.25, 0.3) is 0 Å². The highest BCUT2D eigenvalue weighted by molar-refractivity contribution is 8.00. The predicted molar refractivity (Wildman–Crippen MR) is 105 cm³/mol. The number of carbonyl (C=O) groups is 1. The summed E-state index contributed by atoms with van der Waals surface area (Å²) in [6.07, 6.45) is 0. The lowest BCUT2D eigenvalue weighted by molar-refractivity contribution is -0.115. The molecule has 0 radical (unpaired) electrons. The summed E-state index contributed by atoms with van der Waals surface area (Å²) < 4.78 is 7.68. The summed E-state index contributed by atoms with van der Waals surface area (Å²) in [5.74, 6) is 1.09. The van der Waals surface area contributed by atoms with Crippen LogP contribution in [0.4, 0.5) is 5.13 Å². The molecule has 1 unspecified atom stereocenters. The van der Waals surface area contributed by atoms with Crippen molar-refractivity contribution >= 4 is 45.1 Å². The SMILES string of the molecule is Cc1nnc(NC(=O)C(C)Sc2nnc(-c3cc4ccccc4o3)n2C)s1. The van der Waals surface area contributed by atoms with Crippen LogP contribution in [0.5, 0.6) is 0 Å². The Morgan fingerprint density at radius 1 is 1.26 bits per heavy atom. The van der Waals surface area contributed by atoms with Crippen LogP contribution in [0.25, 0.3) is 22.6 Å². The summed E-state index contributed by atoms with van der Waals surface area (Å²) in [6.45, 7) is 3.65. The molecule has 3 heterocycles. The predicted octanol–water partition coefficient (Wildman–Crippen LogP) is 3.51. The minimum absolute atomic E-state index is 0.163. The second kappa shape index (κ2) is 7.12. The number of carbonyl (C=O) groups excluding carboxylic acids is 1. The molecule has 8 nitrogen and oxygen atoms in total. The fourth-order valence-corrected chi connectivity index (χ4v) is 3.90. The van der Waals surface area contributed by atoms with Gasteiger partial charge in [0.15, 0.2) is 16.7 Å². The van der Waals surface area contributed by atoms with Crippen molar-refractivity contribution in [1.82, 2.24) is 25.0 Å². The standard InChI is InChI=1S/C17H16N6O2S2/c1-9(15(24)18-16-21-19-10(2)27-16)26-17-22-20-14(23(17)3)13-8-11-6-4-5-7-12(11)25-13/h4-9H,1-3H3,(H,18,21,24). The Morgan fingerprint density at radius 2 is 2.07 bits per heavy atom. The van der Waals surface area contributed by atoms with E-state index in [1.165, 1.54) is 23.1 Å². The molecule has 0 saturated carbocycles. The van der Waals surface area contributed by atoms with E-state index in [-0.39, 0.29) is 11.2 Å². The third-order valence-electron chi connectivity index (χ3n) is 3.89. The molecule has 0 fully saturated rings. The first kappa shape index (κ1) is 17.7. The summed E-state index contributed by atoms with van der Waals surface area (Å²) in [6, 6.07) is 9.71. The Bertz CT molecular complexity index is 1080. The minimum Gasteiger partial charge on any atom is -0.453 e. The smallest absolute Gasteiger partial charge is 0.239 e. The number of fused-ring (bicyclic) bond motifs is 1. The fourth-order valence-electron chi connectivity index (χ4n) is 2.49. The molecule has 4 rings (SSSR count). The number of hydrogen-bond acceptors (Lipinski definition) is 8. The Kier molecular flexibility index (Phi) is 4.66. The monoisotopic (exact) mass is 400 g/mol. The van der Waals surface area contributed by atoms with Gasteiger partial charge in [0.05, 0.1) is 5.25 Å². The van der Waals surface area contributed by atoms with Crippen molar-refractivity contribution in [3.05, 3.63) is 35.3 Å². The molecule has 1 atom stereocenters. The van der Waals surface area contributed by atoms with Gasteiger partial charge in [-0.1, -0.05) is 41.3 Å². The van der Waals surface area contributed by atoms with Crippen molar-refractivity contribution in [2.75, 3.05) is 5.32 Å². The van der Waals surface area contributed by atoms with Gasteiger partial charge in [0.1, 0.15) is 10.6 Å². The molecule has 1 aromatic carbocycles. The lowest BCUT2D eigenvalue weighted by atomic mass is 10.2. The summed E-state index contributed by atoms with van der Waals surface area (Å²) in [4.78, 5) is 12.4. The van der Waals surface area contributed by atoms with Gasteiger partial charge in [-0.2, -0.15) is 0 Å².